The smallest absolute Gasteiger partial charge is 0.131 e. The summed E-state index contributed by atoms with van der Waals surface area (Å²) in [5.41, 5.74) is 0. The standard InChI is InChI=1S/C6H15NO2/c1-4(2)7-6(9)5(3)8/h4-9H,1-3H3/t5-,6?/m0/s1. The third kappa shape index (κ3) is 4.39. The monoisotopic (exact) mass is 133 g/mol. The fraction of sp³-hybridized carbons (Fsp3) is 1.00. The van der Waals surface area contributed by atoms with Crippen molar-refractivity contribution < 1.29 is 10.2 Å². The molecule has 0 bridgehead atoms. The zero-order valence-electron chi connectivity index (χ0n) is 6.13. The summed E-state index contributed by atoms with van der Waals surface area (Å²) >= 11 is 0. The van der Waals surface area contributed by atoms with Crippen LogP contribution in [0, 0.1) is 0 Å². The lowest BCUT2D eigenvalue weighted by Gasteiger charge is -2.17. The molecule has 56 valence electrons. The van der Waals surface area contributed by atoms with Gasteiger partial charge in [-0.25, -0.2) is 0 Å². The predicted octanol–water partition coefficient (Wildman–Crippen LogP) is -0.316. The normalized spacial score (nSPS) is 18.0. The first kappa shape index (κ1) is 8.88. The van der Waals surface area contributed by atoms with Crippen LogP contribution in [0.3, 0.4) is 0 Å². The van der Waals surface area contributed by atoms with Crippen LogP contribution in [-0.4, -0.2) is 28.6 Å². The van der Waals surface area contributed by atoms with Crippen LogP contribution >= 0.6 is 0 Å². The van der Waals surface area contributed by atoms with Gasteiger partial charge in [0.25, 0.3) is 0 Å². The Morgan fingerprint density at radius 1 is 1.11 bits per heavy atom. The Morgan fingerprint density at radius 2 is 1.56 bits per heavy atom. The third-order valence-corrected chi connectivity index (χ3v) is 0.961. The third-order valence-electron chi connectivity index (χ3n) is 0.961. The molecule has 1 unspecified atom stereocenters. The summed E-state index contributed by atoms with van der Waals surface area (Å²) in [6.45, 7) is 5.36. The van der Waals surface area contributed by atoms with Gasteiger partial charge in [0.15, 0.2) is 0 Å². The van der Waals surface area contributed by atoms with Gasteiger partial charge in [-0.05, 0) is 20.8 Å². The van der Waals surface area contributed by atoms with E-state index in [-0.39, 0.29) is 6.04 Å². The largest absolute Gasteiger partial charge is 0.389 e. The van der Waals surface area contributed by atoms with Crippen LogP contribution in [0.2, 0.25) is 0 Å². The van der Waals surface area contributed by atoms with Crippen LogP contribution in [0.25, 0.3) is 0 Å². The first-order valence-corrected chi connectivity index (χ1v) is 3.16. The first-order chi connectivity index (χ1) is 4.04. The highest BCUT2D eigenvalue weighted by Crippen LogP contribution is 1.88. The molecule has 0 heterocycles. The summed E-state index contributed by atoms with van der Waals surface area (Å²) in [5.74, 6) is 0. The molecular formula is C6H15NO2. The van der Waals surface area contributed by atoms with Gasteiger partial charge in [0.05, 0.1) is 6.10 Å². The topological polar surface area (TPSA) is 52.5 Å². The summed E-state index contributed by atoms with van der Waals surface area (Å²) in [6, 6.07) is 0.203. The zero-order valence-corrected chi connectivity index (χ0v) is 6.13. The molecule has 9 heavy (non-hydrogen) atoms. The van der Waals surface area contributed by atoms with Crippen LogP contribution in [0.4, 0.5) is 0 Å². The van der Waals surface area contributed by atoms with Crippen molar-refractivity contribution in [2.75, 3.05) is 0 Å². The number of aliphatic hydroxyl groups is 2. The lowest BCUT2D eigenvalue weighted by Crippen LogP contribution is -2.41. The van der Waals surface area contributed by atoms with Gasteiger partial charge in [0.2, 0.25) is 0 Å². The molecule has 3 N–H and O–H groups in total. The highest BCUT2D eigenvalue weighted by atomic mass is 16.3. The van der Waals surface area contributed by atoms with Crippen molar-refractivity contribution in [3.63, 3.8) is 0 Å². The Bertz CT molecular complexity index is 73.5. The summed E-state index contributed by atoms with van der Waals surface area (Å²) in [7, 11) is 0. The molecule has 0 saturated heterocycles. The van der Waals surface area contributed by atoms with E-state index in [1.165, 1.54) is 0 Å². The molecular weight excluding hydrogens is 118 g/mol. The van der Waals surface area contributed by atoms with Gasteiger partial charge in [-0.1, -0.05) is 0 Å². The van der Waals surface area contributed by atoms with Gasteiger partial charge in [-0.2, -0.15) is 0 Å². The van der Waals surface area contributed by atoms with E-state index in [1.807, 2.05) is 13.8 Å². The molecule has 3 nitrogen and oxygen atoms in total. The van der Waals surface area contributed by atoms with Crippen LogP contribution < -0.4 is 5.32 Å². The van der Waals surface area contributed by atoms with E-state index in [0.29, 0.717) is 0 Å². The van der Waals surface area contributed by atoms with Crippen LogP contribution in [0.15, 0.2) is 0 Å². The summed E-state index contributed by atoms with van der Waals surface area (Å²) in [4.78, 5) is 0. The number of hydrogen-bond donors (Lipinski definition) is 3. The molecule has 0 aliphatic heterocycles. The minimum Gasteiger partial charge on any atom is -0.389 e. The lowest BCUT2D eigenvalue weighted by molar-refractivity contribution is 0.00426. The molecule has 0 radical (unpaired) electrons. The van der Waals surface area contributed by atoms with E-state index in [9.17, 15) is 0 Å². The second kappa shape index (κ2) is 3.82. The van der Waals surface area contributed by atoms with Crippen LogP contribution in [0.1, 0.15) is 20.8 Å². The van der Waals surface area contributed by atoms with Gasteiger partial charge in [0.1, 0.15) is 6.23 Å². The van der Waals surface area contributed by atoms with Crippen LogP contribution in [-0.2, 0) is 0 Å². The summed E-state index contributed by atoms with van der Waals surface area (Å²) in [5, 5.41) is 20.4. The van der Waals surface area contributed by atoms with E-state index < -0.39 is 12.3 Å². The first-order valence-electron chi connectivity index (χ1n) is 3.16. The SMILES string of the molecule is CC(C)NC(O)[C@H](C)O. The minimum absolute atomic E-state index is 0.203. The second-order valence-electron chi connectivity index (χ2n) is 2.51. The molecule has 0 saturated carbocycles. The van der Waals surface area contributed by atoms with Gasteiger partial charge in [-0.3, -0.25) is 5.32 Å². The fourth-order valence-electron chi connectivity index (χ4n) is 0.481. The quantitative estimate of drug-likeness (QED) is 0.463. The maximum atomic E-state index is 8.94. The highest BCUT2D eigenvalue weighted by Gasteiger charge is 2.09. The molecule has 0 amide bonds. The highest BCUT2D eigenvalue weighted by molar-refractivity contribution is 4.61. The van der Waals surface area contributed by atoms with Crippen LogP contribution in [0.5, 0.6) is 0 Å². The average Bonchev–Trinajstić information content (AvgIpc) is 1.63. The molecule has 2 atom stereocenters. The van der Waals surface area contributed by atoms with Gasteiger partial charge >= 0.3 is 0 Å². The number of hydrogen-bond acceptors (Lipinski definition) is 3. The molecule has 0 rings (SSSR count). The Morgan fingerprint density at radius 3 is 1.67 bits per heavy atom. The Hall–Kier alpha value is -0.120. The number of nitrogens with one attached hydrogen (secondary N) is 1. The fourth-order valence-corrected chi connectivity index (χ4v) is 0.481. The molecule has 0 fully saturated rings. The molecule has 0 spiro atoms. The Kier molecular flexibility index (Phi) is 3.77. The number of aliphatic hydroxyl groups excluding tert-OH is 2. The average molecular weight is 133 g/mol. The minimum atomic E-state index is -0.801. The van der Waals surface area contributed by atoms with Crippen molar-refractivity contribution in [1.82, 2.24) is 5.32 Å². The van der Waals surface area contributed by atoms with E-state index in [2.05, 4.69) is 5.32 Å². The predicted molar refractivity (Wildman–Crippen MR) is 36.0 cm³/mol. The van der Waals surface area contributed by atoms with Crippen molar-refractivity contribution in [2.24, 2.45) is 0 Å². The Labute approximate surface area is 55.7 Å². The van der Waals surface area contributed by atoms with E-state index in [1.54, 1.807) is 6.92 Å². The summed E-state index contributed by atoms with van der Waals surface area (Å²) < 4.78 is 0. The van der Waals surface area contributed by atoms with Crippen molar-refractivity contribution >= 4 is 0 Å². The van der Waals surface area contributed by atoms with Gasteiger partial charge in [-0.15, -0.1) is 0 Å². The molecule has 0 aromatic carbocycles. The Balaban J connectivity index is 3.38. The number of rotatable bonds is 3. The van der Waals surface area contributed by atoms with Crippen molar-refractivity contribution in [2.45, 2.75) is 39.1 Å². The summed E-state index contributed by atoms with van der Waals surface area (Å²) in [6.07, 6.45) is -1.50. The second-order valence-corrected chi connectivity index (χ2v) is 2.51. The molecule has 0 aliphatic carbocycles. The van der Waals surface area contributed by atoms with Gasteiger partial charge in [0, 0.05) is 6.04 Å². The molecule has 3 heteroatoms. The molecule has 0 aliphatic rings. The van der Waals surface area contributed by atoms with E-state index in [0.717, 1.165) is 0 Å². The maximum absolute atomic E-state index is 8.94. The van der Waals surface area contributed by atoms with Crippen molar-refractivity contribution in [1.29, 1.82) is 0 Å². The lowest BCUT2D eigenvalue weighted by atomic mass is 10.3. The zero-order chi connectivity index (χ0) is 7.44. The van der Waals surface area contributed by atoms with Crippen molar-refractivity contribution in [3.05, 3.63) is 0 Å². The van der Waals surface area contributed by atoms with Gasteiger partial charge < -0.3 is 10.2 Å². The molecule has 0 aromatic heterocycles. The van der Waals surface area contributed by atoms with E-state index >= 15 is 0 Å². The van der Waals surface area contributed by atoms with E-state index in [4.69, 9.17) is 10.2 Å². The maximum Gasteiger partial charge on any atom is 0.131 e. The molecule has 0 aromatic rings. The van der Waals surface area contributed by atoms with Crippen molar-refractivity contribution in [3.8, 4) is 0 Å².